The predicted molar refractivity (Wildman–Crippen MR) is 103 cm³/mol. The van der Waals surface area contributed by atoms with Crippen molar-refractivity contribution in [2.45, 2.75) is 22.4 Å². The molecule has 3 aromatic rings. The van der Waals surface area contributed by atoms with Gasteiger partial charge < -0.3 is 14.0 Å². The zero-order valence-electron chi connectivity index (χ0n) is 14.3. The molecule has 7 nitrogen and oxygen atoms in total. The lowest BCUT2D eigenvalue weighted by Crippen LogP contribution is -2.13. The zero-order valence-corrected chi connectivity index (χ0v) is 16.7. The molecule has 10 heteroatoms. The number of thioether (sulfide) groups is 1. The highest BCUT2D eigenvalue weighted by atomic mass is 35.5. The Morgan fingerprint density at radius 3 is 2.93 bits per heavy atom. The molecule has 142 valence electrons. The molecule has 0 atom stereocenters. The van der Waals surface area contributed by atoms with Gasteiger partial charge in [0.1, 0.15) is 5.75 Å². The average Bonchev–Trinajstić information content (AvgIpc) is 2.94. The van der Waals surface area contributed by atoms with Crippen LogP contribution in [0.4, 0.5) is 0 Å². The molecule has 2 heterocycles. The fourth-order valence-corrected chi connectivity index (χ4v) is 4.72. The third-order valence-electron chi connectivity index (χ3n) is 4.25. The van der Waals surface area contributed by atoms with Gasteiger partial charge in [0.25, 0.3) is 0 Å². The molecule has 1 aromatic heterocycles. The molecular formula is C17H16ClN3O4S2. The highest BCUT2D eigenvalue weighted by Gasteiger charge is 2.18. The number of benzene rings is 2. The minimum absolute atomic E-state index is 0.0435. The molecule has 4 rings (SSSR count). The first-order chi connectivity index (χ1) is 12.8. The van der Waals surface area contributed by atoms with Gasteiger partial charge >= 0.3 is 0 Å². The Morgan fingerprint density at radius 2 is 2.15 bits per heavy atom. The van der Waals surface area contributed by atoms with E-state index in [2.05, 4.69) is 4.98 Å². The van der Waals surface area contributed by atoms with Crippen LogP contribution in [0.25, 0.3) is 11.0 Å². The predicted octanol–water partition coefficient (Wildman–Crippen LogP) is 3.03. The number of ether oxygens (including phenoxy) is 2. The molecule has 0 spiro atoms. The van der Waals surface area contributed by atoms with E-state index in [1.807, 2.05) is 23.7 Å². The molecule has 27 heavy (non-hydrogen) atoms. The highest BCUT2D eigenvalue weighted by Crippen LogP contribution is 2.36. The summed E-state index contributed by atoms with van der Waals surface area (Å²) in [6, 6.07) is 8.38. The van der Waals surface area contributed by atoms with E-state index in [4.69, 9.17) is 26.2 Å². The standard InChI is InChI=1S/C17H16ClN3O4S2/c1-21-15-3-2-13(27(19,22)23)6-14(15)20-17(21)26-8-11-5-12(18)4-10-7-24-9-25-16(10)11/h2-6H,7-9H2,1H3,(H2,19,22,23). The van der Waals surface area contributed by atoms with Crippen molar-refractivity contribution >= 4 is 44.4 Å². The number of nitrogens with zero attached hydrogens (tertiary/aromatic N) is 2. The van der Waals surface area contributed by atoms with Gasteiger partial charge in [-0.1, -0.05) is 23.4 Å². The summed E-state index contributed by atoms with van der Waals surface area (Å²) in [5.74, 6) is 1.40. The summed E-state index contributed by atoms with van der Waals surface area (Å²) in [7, 11) is -1.89. The molecule has 2 aromatic carbocycles. The lowest BCUT2D eigenvalue weighted by Gasteiger charge is -2.21. The van der Waals surface area contributed by atoms with E-state index in [-0.39, 0.29) is 11.7 Å². The summed E-state index contributed by atoms with van der Waals surface area (Å²) in [5.41, 5.74) is 3.28. The minimum atomic E-state index is -3.77. The first-order valence-corrected chi connectivity index (χ1v) is 10.9. The van der Waals surface area contributed by atoms with Crippen LogP contribution in [0.5, 0.6) is 5.75 Å². The van der Waals surface area contributed by atoms with Gasteiger partial charge in [-0.05, 0) is 30.3 Å². The maximum atomic E-state index is 11.5. The van der Waals surface area contributed by atoms with E-state index in [0.717, 1.165) is 27.5 Å². The lowest BCUT2D eigenvalue weighted by atomic mass is 10.1. The van der Waals surface area contributed by atoms with Crippen molar-refractivity contribution in [2.24, 2.45) is 12.2 Å². The Morgan fingerprint density at radius 1 is 1.33 bits per heavy atom. The first kappa shape index (κ1) is 18.6. The summed E-state index contributed by atoms with van der Waals surface area (Å²) in [6.07, 6.45) is 0. The molecule has 0 fully saturated rings. The third kappa shape index (κ3) is 3.65. The van der Waals surface area contributed by atoms with Gasteiger partial charge in [0.05, 0.1) is 22.5 Å². The Bertz CT molecular complexity index is 1140. The van der Waals surface area contributed by atoms with Gasteiger partial charge in [0.15, 0.2) is 11.9 Å². The van der Waals surface area contributed by atoms with E-state index < -0.39 is 10.0 Å². The summed E-state index contributed by atoms with van der Waals surface area (Å²) in [4.78, 5) is 4.59. The van der Waals surface area contributed by atoms with Crippen LogP contribution in [-0.4, -0.2) is 24.8 Å². The summed E-state index contributed by atoms with van der Waals surface area (Å²) >= 11 is 7.72. The van der Waals surface area contributed by atoms with Crippen LogP contribution in [0.1, 0.15) is 11.1 Å². The monoisotopic (exact) mass is 425 g/mol. The average molecular weight is 426 g/mol. The summed E-state index contributed by atoms with van der Waals surface area (Å²) in [5, 5.41) is 6.58. The van der Waals surface area contributed by atoms with Gasteiger partial charge in [-0.15, -0.1) is 0 Å². The van der Waals surface area contributed by atoms with Crippen molar-refractivity contribution in [3.8, 4) is 5.75 Å². The van der Waals surface area contributed by atoms with Crippen LogP contribution in [0.2, 0.25) is 5.02 Å². The first-order valence-electron chi connectivity index (χ1n) is 7.97. The van der Waals surface area contributed by atoms with Crippen LogP contribution >= 0.6 is 23.4 Å². The number of imidazole rings is 1. The number of primary sulfonamides is 1. The van der Waals surface area contributed by atoms with E-state index in [1.165, 1.54) is 23.9 Å². The second-order valence-electron chi connectivity index (χ2n) is 6.10. The van der Waals surface area contributed by atoms with Crippen LogP contribution in [-0.2, 0) is 34.2 Å². The largest absolute Gasteiger partial charge is 0.467 e. The van der Waals surface area contributed by atoms with Crippen LogP contribution in [0, 0.1) is 0 Å². The van der Waals surface area contributed by atoms with Gasteiger partial charge in [0.2, 0.25) is 10.0 Å². The molecule has 0 saturated carbocycles. The SMILES string of the molecule is Cn1c(SCc2cc(Cl)cc3c2OCOC3)nc2cc(S(N)(=O)=O)ccc21. The van der Waals surface area contributed by atoms with Crippen molar-refractivity contribution < 1.29 is 17.9 Å². The molecule has 0 amide bonds. The smallest absolute Gasteiger partial charge is 0.238 e. The van der Waals surface area contributed by atoms with E-state index >= 15 is 0 Å². The van der Waals surface area contributed by atoms with Crippen molar-refractivity contribution in [3.63, 3.8) is 0 Å². The quantitative estimate of drug-likeness (QED) is 0.645. The third-order valence-corrected chi connectivity index (χ3v) is 6.46. The molecule has 0 unspecified atom stereocenters. The molecule has 0 aliphatic carbocycles. The number of hydrogen-bond donors (Lipinski definition) is 1. The summed E-state index contributed by atoms with van der Waals surface area (Å²) in [6.45, 7) is 0.686. The van der Waals surface area contributed by atoms with Gasteiger partial charge in [-0.25, -0.2) is 18.5 Å². The molecular weight excluding hydrogens is 410 g/mol. The Labute approximate surface area is 165 Å². The number of halogens is 1. The number of sulfonamides is 1. The van der Waals surface area contributed by atoms with Crippen LogP contribution in [0.3, 0.4) is 0 Å². The van der Waals surface area contributed by atoms with Crippen molar-refractivity contribution in [1.82, 2.24) is 9.55 Å². The van der Waals surface area contributed by atoms with Crippen molar-refractivity contribution in [2.75, 3.05) is 6.79 Å². The summed E-state index contributed by atoms with van der Waals surface area (Å²) < 4.78 is 35.9. The van der Waals surface area contributed by atoms with Crippen molar-refractivity contribution in [1.29, 1.82) is 0 Å². The second-order valence-corrected chi connectivity index (χ2v) is 9.04. The number of fused-ring (bicyclic) bond motifs is 2. The second kappa shape index (κ2) is 6.99. The number of nitrogens with two attached hydrogens (primary N) is 1. The molecule has 2 N–H and O–H groups in total. The molecule has 0 bridgehead atoms. The van der Waals surface area contributed by atoms with Gasteiger partial charge in [-0.2, -0.15) is 0 Å². The van der Waals surface area contributed by atoms with E-state index in [1.54, 1.807) is 6.07 Å². The topological polar surface area (TPSA) is 96.4 Å². The van der Waals surface area contributed by atoms with E-state index in [0.29, 0.717) is 22.9 Å². The van der Waals surface area contributed by atoms with Gasteiger partial charge in [0, 0.05) is 29.0 Å². The number of rotatable bonds is 4. The lowest BCUT2D eigenvalue weighted by molar-refractivity contribution is -0.0168. The number of hydrogen-bond acceptors (Lipinski definition) is 6. The maximum Gasteiger partial charge on any atom is 0.238 e. The highest BCUT2D eigenvalue weighted by molar-refractivity contribution is 7.98. The Hall–Kier alpha value is -1.78. The van der Waals surface area contributed by atoms with E-state index in [9.17, 15) is 8.42 Å². The molecule has 0 radical (unpaired) electrons. The molecule has 1 aliphatic rings. The normalized spacial score (nSPS) is 14.2. The molecule has 1 aliphatic heterocycles. The number of aromatic nitrogens is 2. The fraction of sp³-hybridized carbons (Fsp3) is 0.235. The fourth-order valence-electron chi connectivity index (χ4n) is 2.97. The Kier molecular flexibility index (Phi) is 4.81. The van der Waals surface area contributed by atoms with Crippen molar-refractivity contribution in [3.05, 3.63) is 46.5 Å². The van der Waals surface area contributed by atoms with Crippen LogP contribution < -0.4 is 9.88 Å². The number of aryl methyl sites for hydroxylation is 1. The maximum absolute atomic E-state index is 11.5. The zero-order chi connectivity index (χ0) is 19.2. The van der Waals surface area contributed by atoms with Crippen LogP contribution in [0.15, 0.2) is 40.4 Å². The minimum Gasteiger partial charge on any atom is -0.467 e. The Balaban J connectivity index is 1.65. The van der Waals surface area contributed by atoms with Gasteiger partial charge in [-0.3, -0.25) is 0 Å². The molecule has 0 saturated heterocycles.